The largest absolute Gasteiger partial charge is 0.391 e. The van der Waals surface area contributed by atoms with Gasteiger partial charge in [0.05, 0.1) is 5.52 Å². The quantitative estimate of drug-likeness (QED) is 0.843. The Hall–Kier alpha value is -2.43. The minimum atomic E-state index is -0.589. The van der Waals surface area contributed by atoms with Crippen molar-refractivity contribution in [2.45, 2.75) is 13.8 Å². The summed E-state index contributed by atoms with van der Waals surface area (Å²) in [6.07, 6.45) is 1.49. The van der Waals surface area contributed by atoms with Crippen LogP contribution in [0.2, 0.25) is 0 Å². The minimum absolute atomic E-state index is 0.179. The Bertz CT molecular complexity index is 775. The number of aromatic amines is 1. The molecule has 5 heteroatoms. The van der Waals surface area contributed by atoms with Crippen LogP contribution in [0, 0.1) is 5.82 Å². The predicted octanol–water partition coefficient (Wildman–Crippen LogP) is 2.21. The van der Waals surface area contributed by atoms with Crippen LogP contribution in [0.1, 0.15) is 19.4 Å². The smallest absolute Gasteiger partial charge is 0.189 e. The zero-order chi connectivity index (χ0) is 14.9. The summed E-state index contributed by atoms with van der Waals surface area (Å²) in [4.78, 5) is 26.3. The standard InChI is InChI=1S/C15H15FN2O2/c1-8(17-3)15(9(2)19)10-7-13-11(6-12(10)16)14(20)4-5-18-13/h4-7,17H,1-3H3,(H,18,20). The van der Waals surface area contributed by atoms with Gasteiger partial charge in [0, 0.05) is 41.5 Å². The fourth-order valence-corrected chi connectivity index (χ4v) is 2.17. The summed E-state index contributed by atoms with van der Waals surface area (Å²) in [5.41, 5.74) is 1.27. The van der Waals surface area contributed by atoms with Crippen LogP contribution in [0.15, 0.2) is 34.9 Å². The van der Waals surface area contributed by atoms with Crippen molar-refractivity contribution in [1.29, 1.82) is 0 Å². The molecule has 0 aliphatic heterocycles. The topological polar surface area (TPSA) is 62.0 Å². The third-order valence-electron chi connectivity index (χ3n) is 3.22. The molecule has 0 amide bonds. The Balaban J connectivity index is 2.81. The lowest BCUT2D eigenvalue weighted by Gasteiger charge is -2.11. The van der Waals surface area contributed by atoms with E-state index in [2.05, 4.69) is 10.3 Å². The maximum absolute atomic E-state index is 14.2. The Morgan fingerprint density at radius 3 is 2.60 bits per heavy atom. The van der Waals surface area contributed by atoms with Crippen LogP contribution in [0.4, 0.5) is 4.39 Å². The van der Waals surface area contributed by atoms with E-state index in [0.29, 0.717) is 11.2 Å². The number of benzene rings is 1. The Morgan fingerprint density at radius 2 is 2.00 bits per heavy atom. The Kier molecular flexibility index (Phi) is 3.70. The lowest BCUT2D eigenvalue weighted by molar-refractivity contribution is -0.111. The second kappa shape index (κ2) is 5.28. The minimum Gasteiger partial charge on any atom is -0.391 e. The summed E-state index contributed by atoms with van der Waals surface area (Å²) in [5, 5.41) is 3.11. The highest BCUT2D eigenvalue weighted by Gasteiger charge is 2.17. The molecule has 0 aliphatic carbocycles. The van der Waals surface area contributed by atoms with Gasteiger partial charge in [-0.1, -0.05) is 0 Å². The molecular formula is C15H15FN2O2. The molecule has 0 radical (unpaired) electrons. The summed E-state index contributed by atoms with van der Waals surface area (Å²) in [6.45, 7) is 3.08. The number of carbonyl (C=O) groups is 1. The number of nitrogens with one attached hydrogen (secondary N) is 2. The van der Waals surface area contributed by atoms with Crippen LogP contribution < -0.4 is 10.7 Å². The van der Waals surface area contributed by atoms with Gasteiger partial charge in [-0.25, -0.2) is 4.39 Å². The molecule has 1 aromatic heterocycles. The van der Waals surface area contributed by atoms with Crippen LogP contribution in [-0.4, -0.2) is 17.8 Å². The van der Waals surface area contributed by atoms with E-state index in [1.54, 1.807) is 14.0 Å². The monoisotopic (exact) mass is 274 g/mol. The van der Waals surface area contributed by atoms with E-state index < -0.39 is 5.82 Å². The number of Topliss-reactive ketones (excluding diaryl/α,β-unsaturated/α-hetero) is 1. The van der Waals surface area contributed by atoms with Crippen molar-refractivity contribution in [3.05, 3.63) is 51.7 Å². The third kappa shape index (κ3) is 2.34. The van der Waals surface area contributed by atoms with E-state index in [-0.39, 0.29) is 27.7 Å². The first kappa shape index (κ1) is 14.0. The molecule has 2 rings (SSSR count). The number of hydrogen-bond donors (Lipinski definition) is 2. The number of fused-ring (bicyclic) bond motifs is 1. The van der Waals surface area contributed by atoms with Crippen molar-refractivity contribution < 1.29 is 9.18 Å². The Morgan fingerprint density at radius 1 is 1.30 bits per heavy atom. The van der Waals surface area contributed by atoms with E-state index in [1.165, 1.54) is 25.3 Å². The molecule has 0 atom stereocenters. The molecule has 4 nitrogen and oxygen atoms in total. The van der Waals surface area contributed by atoms with Gasteiger partial charge < -0.3 is 10.3 Å². The van der Waals surface area contributed by atoms with Crippen molar-refractivity contribution in [2.75, 3.05) is 7.05 Å². The van der Waals surface area contributed by atoms with Crippen LogP contribution >= 0.6 is 0 Å². The number of carbonyl (C=O) groups excluding carboxylic acids is 1. The number of aromatic nitrogens is 1. The summed E-state index contributed by atoms with van der Waals surface area (Å²) in [5.74, 6) is -0.831. The van der Waals surface area contributed by atoms with Gasteiger partial charge >= 0.3 is 0 Å². The van der Waals surface area contributed by atoms with Crippen molar-refractivity contribution in [1.82, 2.24) is 10.3 Å². The first-order valence-corrected chi connectivity index (χ1v) is 6.16. The van der Waals surface area contributed by atoms with Crippen molar-refractivity contribution in [2.24, 2.45) is 0 Å². The number of pyridine rings is 1. The highest BCUT2D eigenvalue weighted by molar-refractivity contribution is 6.20. The molecule has 1 heterocycles. The number of halogens is 1. The highest BCUT2D eigenvalue weighted by Crippen LogP contribution is 2.24. The molecule has 20 heavy (non-hydrogen) atoms. The maximum atomic E-state index is 14.2. The molecule has 2 aromatic rings. The van der Waals surface area contributed by atoms with Crippen molar-refractivity contribution >= 4 is 22.3 Å². The first-order valence-electron chi connectivity index (χ1n) is 6.16. The highest BCUT2D eigenvalue weighted by atomic mass is 19.1. The number of ketones is 1. The van der Waals surface area contributed by atoms with Gasteiger partial charge in [0.1, 0.15) is 5.82 Å². The fraction of sp³-hybridized carbons (Fsp3) is 0.200. The van der Waals surface area contributed by atoms with Gasteiger partial charge in [-0.15, -0.1) is 0 Å². The second-order valence-electron chi connectivity index (χ2n) is 4.53. The summed E-state index contributed by atoms with van der Waals surface area (Å²) in [7, 11) is 1.67. The van der Waals surface area contributed by atoms with Gasteiger partial charge in [0.2, 0.25) is 0 Å². The number of allylic oxidation sites excluding steroid dienone is 2. The predicted molar refractivity (Wildman–Crippen MR) is 76.9 cm³/mol. The summed E-state index contributed by atoms with van der Waals surface area (Å²) >= 11 is 0. The van der Waals surface area contributed by atoms with Gasteiger partial charge in [0.15, 0.2) is 11.2 Å². The molecule has 0 saturated carbocycles. The first-order chi connectivity index (χ1) is 9.45. The lowest BCUT2D eigenvalue weighted by Crippen LogP contribution is -2.11. The van der Waals surface area contributed by atoms with Crippen LogP contribution in [0.5, 0.6) is 0 Å². The SMILES string of the molecule is CNC(C)=C(C(C)=O)c1cc2[nH]ccc(=O)c2cc1F. The molecule has 0 bridgehead atoms. The van der Waals surface area contributed by atoms with E-state index in [4.69, 9.17) is 0 Å². The number of H-pyrrole nitrogens is 1. The zero-order valence-electron chi connectivity index (χ0n) is 11.5. The van der Waals surface area contributed by atoms with Crippen LogP contribution in [0.25, 0.3) is 16.5 Å². The molecule has 1 aromatic carbocycles. The average molecular weight is 274 g/mol. The van der Waals surface area contributed by atoms with E-state index >= 15 is 0 Å². The third-order valence-corrected chi connectivity index (χ3v) is 3.22. The summed E-state index contributed by atoms with van der Waals surface area (Å²) in [6, 6.07) is 3.99. The Labute approximate surface area is 115 Å². The molecule has 0 unspecified atom stereocenters. The molecule has 104 valence electrons. The molecule has 0 spiro atoms. The van der Waals surface area contributed by atoms with E-state index in [0.717, 1.165) is 6.07 Å². The van der Waals surface area contributed by atoms with Gasteiger partial charge in [-0.2, -0.15) is 0 Å². The fourth-order valence-electron chi connectivity index (χ4n) is 2.17. The molecule has 0 fully saturated rings. The zero-order valence-corrected chi connectivity index (χ0v) is 11.5. The number of hydrogen-bond acceptors (Lipinski definition) is 3. The second-order valence-corrected chi connectivity index (χ2v) is 4.53. The maximum Gasteiger partial charge on any atom is 0.189 e. The number of rotatable bonds is 3. The van der Waals surface area contributed by atoms with Crippen LogP contribution in [0.3, 0.4) is 0 Å². The van der Waals surface area contributed by atoms with Crippen molar-refractivity contribution in [3.8, 4) is 0 Å². The van der Waals surface area contributed by atoms with Crippen molar-refractivity contribution in [3.63, 3.8) is 0 Å². The average Bonchev–Trinajstić information content (AvgIpc) is 2.40. The molecular weight excluding hydrogens is 259 g/mol. The molecule has 0 saturated heterocycles. The van der Waals surface area contributed by atoms with Crippen LogP contribution in [-0.2, 0) is 4.79 Å². The molecule has 0 aliphatic rings. The normalized spacial score (nSPS) is 12.2. The van der Waals surface area contributed by atoms with E-state index in [9.17, 15) is 14.0 Å². The summed E-state index contributed by atoms with van der Waals surface area (Å²) < 4.78 is 14.2. The van der Waals surface area contributed by atoms with Gasteiger partial charge in [-0.05, 0) is 26.0 Å². The van der Waals surface area contributed by atoms with E-state index in [1.807, 2.05) is 0 Å². The lowest BCUT2D eigenvalue weighted by atomic mass is 9.98. The van der Waals surface area contributed by atoms with Gasteiger partial charge in [0.25, 0.3) is 0 Å². The van der Waals surface area contributed by atoms with Gasteiger partial charge in [-0.3, -0.25) is 9.59 Å². The molecule has 2 N–H and O–H groups in total.